The van der Waals surface area contributed by atoms with Gasteiger partial charge in [-0.15, -0.1) is 0 Å². The summed E-state index contributed by atoms with van der Waals surface area (Å²) in [6, 6.07) is 2.73. The highest BCUT2D eigenvalue weighted by Crippen LogP contribution is 2.32. The molecule has 0 unspecified atom stereocenters. The van der Waals surface area contributed by atoms with Gasteiger partial charge in [-0.3, -0.25) is 0 Å². The number of nitrogens with zero attached hydrogens (tertiary/aromatic N) is 1. The van der Waals surface area contributed by atoms with E-state index in [1.165, 1.54) is 123 Å². The summed E-state index contributed by atoms with van der Waals surface area (Å²) in [7, 11) is -2.64. The molecular formula is C37H67ClN2O3S. The first-order valence-electron chi connectivity index (χ1n) is 18.4. The van der Waals surface area contributed by atoms with Crippen LogP contribution in [0.15, 0.2) is 17.0 Å². The van der Waals surface area contributed by atoms with E-state index in [4.69, 9.17) is 11.6 Å². The van der Waals surface area contributed by atoms with Gasteiger partial charge in [-0.1, -0.05) is 161 Å². The standard InChI is InChI=1S/C37H67ClN2O3S/c1-5-8-10-12-14-16-18-19-21-23-25-27-29-34-33(28-26-24-22-20-17-15-13-11-9-6-2)35(38)30-31-36(34)44(42,43)40(4)37(41)39-32-7-3/h30-31H,5-29,32H2,1-4H3,(H,39,41). The van der Waals surface area contributed by atoms with E-state index in [-0.39, 0.29) is 4.90 Å². The van der Waals surface area contributed by atoms with Gasteiger partial charge in [-0.05, 0) is 55.4 Å². The van der Waals surface area contributed by atoms with Gasteiger partial charge in [0.05, 0.1) is 4.90 Å². The second-order valence-corrected chi connectivity index (χ2v) is 15.1. The van der Waals surface area contributed by atoms with Gasteiger partial charge >= 0.3 is 6.03 Å². The van der Waals surface area contributed by atoms with Crippen LogP contribution in [0, 0.1) is 0 Å². The summed E-state index contributed by atoms with van der Waals surface area (Å²) < 4.78 is 28.3. The fourth-order valence-electron chi connectivity index (χ4n) is 5.96. The topological polar surface area (TPSA) is 66.5 Å². The molecule has 1 aromatic rings. The Labute approximate surface area is 277 Å². The molecule has 0 heterocycles. The Morgan fingerprint density at radius 1 is 0.614 bits per heavy atom. The highest BCUT2D eigenvalue weighted by molar-refractivity contribution is 7.89. The molecule has 0 saturated heterocycles. The summed E-state index contributed by atoms with van der Waals surface area (Å²) in [6.45, 7) is 6.90. The number of rotatable bonds is 28. The van der Waals surface area contributed by atoms with Crippen LogP contribution >= 0.6 is 11.6 Å². The minimum Gasteiger partial charge on any atom is -0.337 e. The maximum Gasteiger partial charge on any atom is 0.331 e. The number of nitrogens with one attached hydrogen (secondary N) is 1. The van der Waals surface area contributed by atoms with Crippen LogP contribution in [-0.4, -0.2) is 32.3 Å². The summed E-state index contributed by atoms with van der Waals surface area (Å²) in [5.74, 6) is 0. The molecule has 1 rings (SSSR count). The zero-order valence-corrected chi connectivity index (χ0v) is 30.6. The Balaban J connectivity index is 2.79. The molecule has 0 aliphatic rings. The van der Waals surface area contributed by atoms with E-state index in [1.807, 2.05) is 6.92 Å². The quantitative estimate of drug-likeness (QED) is 0.0914. The van der Waals surface area contributed by atoms with Gasteiger partial charge in [0.1, 0.15) is 0 Å². The normalized spacial score (nSPS) is 11.7. The lowest BCUT2D eigenvalue weighted by atomic mass is 9.96. The highest BCUT2D eigenvalue weighted by Gasteiger charge is 2.29. The fraction of sp³-hybridized carbons (Fsp3) is 0.811. The molecule has 1 aromatic carbocycles. The van der Waals surface area contributed by atoms with E-state index in [1.54, 1.807) is 12.1 Å². The third kappa shape index (κ3) is 16.9. The largest absolute Gasteiger partial charge is 0.337 e. The third-order valence-electron chi connectivity index (χ3n) is 8.84. The maximum atomic E-state index is 13.7. The Bertz CT molecular complexity index is 983. The lowest BCUT2D eigenvalue weighted by Gasteiger charge is -2.22. The second-order valence-electron chi connectivity index (χ2n) is 12.8. The van der Waals surface area contributed by atoms with Crippen molar-refractivity contribution in [2.24, 2.45) is 0 Å². The summed E-state index contributed by atoms with van der Waals surface area (Å²) in [5, 5.41) is 3.35. The minimum absolute atomic E-state index is 0.237. The van der Waals surface area contributed by atoms with Crippen molar-refractivity contribution in [1.82, 2.24) is 9.62 Å². The molecule has 5 nitrogen and oxygen atoms in total. The first kappa shape index (κ1) is 40.8. The van der Waals surface area contributed by atoms with Gasteiger partial charge in [0.15, 0.2) is 0 Å². The Morgan fingerprint density at radius 2 is 1.00 bits per heavy atom. The van der Waals surface area contributed by atoms with Crippen LogP contribution in [-0.2, 0) is 22.9 Å². The van der Waals surface area contributed by atoms with Crippen LogP contribution in [0.3, 0.4) is 0 Å². The van der Waals surface area contributed by atoms with Gasteiger partial charge in [0.25, 0.3) is 10.0 Å². The fourth-order valence-corrected chi connectivity index (χ4v) is 7.59. The predicted molar refractivity (Wildman–Crippen MR) is 190 cm³/mol. The van der Waals surface area contributed by atoms with Crippen LogP contribution in [0.25, 0.3) is 0 Å². The summed E-state index contributed by atoms with van der Waals surface area (Å²) in [5.41, 5.74) is 1.77. The molecule has 2 amide bonds. The molecule has 44 heavy (non-hydrogen) atoms. The number of carbonyl (C=O) groups is 1. The highest BCUT2D eigenvalue weighted by atomic mass is 35.5. The van der Waals surface area contributed by atoms with Crippen molar-refractivity contribution in [3.8, 4) is 0 Å². The molecule has 1 N–H and O–H groups in total. The van der Waals surface area contributed by atoms with Crippen LogP contribution < -0.4 is 5.32 Å². The van der Waals surface area contributed by atoms with Crippen molar-refractivity contribution in [3.63, 3.8) is 0 Å². The van der Waals surface area contributed by atoms with E-state index in [0.717, 1.165) is 54.0 Å². The number of hydrogen-bond donors (Lipinski definition) is 1. The molecule has 0 aliphatic heterocycles. The zero-order valence-electron chi connectivity index (χ0n) is 29.0. The molecule has 256 valence electrons. The molecule has 0 spiro atoms. The lowest BCUT2D eigenvalue weighted by molar-refractivity contribution is 0.228. The van der Waals surface area contributed by atoms with Crippen molar-refractivity contribution in [3.05, 3.63) is 28.3 Å². The zero-order chi connectivity index (χ0) is 32.5. The lowest BCUT2D eigenvalue weighted by Crippen LogP contribution is -2.41. The van der Waals surface area contributed by atoms with Crippen LogP contribution in [0.2, 0.25) is 5.02 Å². The number of halogens is 1. The molecule has 0 atom stereocenters. The summed E-state index contributed by atoms with van der Waals surface area (Å²) in [4.78, 5) is 12.9. The smallest absolute Gasteiger partial charge is 0.331 e. The average molecular weight is 655 g/mol. The van der Waals surface area contributed by atoms with Gasteiger partial charge in [-0.25, -0.2) is 17.5 Å². The average Bonchev–Trinajstić information content (AvgIpc) is 3.01. The molecule has 0 fully saturated rings. The molecule has 0 bridgehead atoms. The van der Waals surface area contributed by atoms with Crippen molar-refractivity contribution in [2.45, 2.75) is 186 Å². The first-order valence-corrected chi connectivity index (χ1v) is 20.2. The van der Waals surface area contributed by atoms with E-state index in [9.17, 15) is 13.2 Å². The minimum atomic E-state index is -3.99. The van der Waals surface area contributed by atoms with Gasteiger partial charge in [0.2, 0.25) is 0 Å². The second kappa shape index (κ2) is 25.9. The Morgan fingerprint density at radius 3 is 1.41 bits per heavy atom. The number of hydrogen-bond acceptors (Lipinski definition) is 3. The first-order chi connectivity index (χ1) is 21.3. The number of sulfonamides is 1. The summed E-state index contributed by atoms with van der Waals surface area (Å²) >= 11 is 6.75. The number of carbonyl (C=O) groups excluding carboxylic acids is 1. The molecule has 0 saturated carbocycles. The molecule has 0 aromatic heterocycles. The van der Waals surface area contributed by atoms with Crippen LogP contribution in [0.5, 0.6) is 0 Å². The van der Waals surface area contributed by atoms with Gasteiger partial charge in [0, 0.05) is 18.6 Å². The number of urea groups is 1. The van der Waals surface area contributed by atoms with E-state index in [2.05, 4.69) is 19.2 Å². The molecule has 7 heteroatoms. The van der Waals surface area contributed by atoms with E-state index < -0.39 is 16.1 Å². The molecule has 0 radical (unpaired) electrons. The molecular weight excluding hydrogens is 588 g/mol. The van der Waals surface area contributed by atoms with E-state index in [0.29, 0.717) is 18.0 Å². The van der Waals surface area contributed by atoms with Crippen molar-refractivity contribution < 1.29 is 13.2 Å². The van der Waals surface area contributed by atoms with Crippen molar-refractivity contribution in [2.75, 3.05) is 13.6 Å². The van der Waals surface area contributed by atoms with Crippen LogP contribution in [0.1, 0.15) is 180 Å². The third-order valence-corrected chi connectivity index (χ3v) is 11.0. The van der Waals surface area contributed by atoms with Crippen LogP contribution in [0.4, 0.5) is 4.79 Å². The number of benzene rings is 1. The van der Waals surface area contributed by atoms with Gasteiger partial charge < -0.3 is 5.32 Å². The van der Waals surface area contributed by atoms with Crippen molar-refractivity contribution >= 4 is 27.7 Å². The maximum absolute atomic E-state index is 13.7. The van der Waals surface area contributed by atoms with Crippen molar-refractivity contribution in [1.29, 1.82) is 0 Å². The Kier molecular flexibility index (Phi) is 24.0. The molecule has 0 aliphatic carbocycles. The monoisotopic (exact) mass is 654 g/mol. The van der Waals surface area contributed by atoms with Gasteiger partial charge in [-0.2, -0.15) is 0 Å². The summed E-state index contributed by atoms with van der Waals surface area (Å²) in [6.07, 6.45) is 29.9. The SMILES string of the molecule is CCCCCCCCCCCCCCc1c(S(=O)(=O)N(C)C(=O)NCCC)ccc(Cl)c1CCCCCCCCCCCC. The number of unbranched alkanes of at least 4 members (excludes halogenated alkanes) is 20. The Hall–Kier alpha value is -1.27. The predicted octanol–water partition coefficient (Wildman–Crippen LogP) is 11.8. The number of amides is 2. The van der Waals surface area contributed by atoms with E-state index >= 15 is 0 Å².